The van der Waals surface area contributed by atoms with E-state index in [-0.39, 0.29) is 11.9 Å². The molecular weight excluding hydrogens is 248 g/mol. The third kappa shape index (κ3) is 7.28. The van der Waals surface area contributed by atoms with Crippen LogP contribution >= 0.6 is 0 Å². The molecule has 0 saturated carbocycles. The number of unbranched alkanes of at least 4 members (excludes halogenated alkanes) is 8. The molecule has 1 atom stereocenters. The largest absolute Gasteiger partial charge is 0.341 e. The third-order valence-corrected chi connectivity index (χ3v) is 4.35. The molecule has 20 heavy (non-hydrogen) atoms. The number of rotatable bonds is 11. The highest BCUT2D eigenvalue weighted by Crippen LogP contribution is 2.13. The summed E-state index contributed by atoms with van der Waals surface area (Å²) >= 11 is 0. The van der Waals surface area contributed by atoms with Gasteiger partial charge in [0.1, 0.15) is 0 Å². The minimum atomic E-state index is -0.252. The molecule has 1 aliphatic rings. The average molecular weight is 282 g/mol. The number of amides is 1. The molecule has 1 saturated heterocycles. The molecule has 0 radical (unpaired) electrons. The Balaban J connectivity index is 1.91. The van der Waals surface area contributed by atoms with Crippen LogP contribution in [0.25, 0.3) is 0 Å². The van der Waals surface area contributed by atoms with Gasteiger partial charge in [-0.15, -0.1) is 0 Å². The summed E-state index contributed by atoms with van der Waals surface area (Å²) in [4.78, 5) is 14.0. The van der Waals surface area contributed by atoms with Gasteiger partial charge in [-0.25, -0.2) is 0 Å². The normalized spacial score (nSPS) is 16.6. The maximum Gasteiger partial charge on any atom is 0.239 e. The van der Waals surface area contributed by atoms with Crippen LogP contribution in [0.5, 0.6) is 0 Å². The summed E-state index contributed by atoms with van der Waals surface area (Å²) in [5, 5.41) is 0. The quantitative estimate of drug-likeness (QED) is 0.585. The first-order valence-electron chi connectivity index (χ1n) is 8.80. The molecule has 1 fully saturated rings. The van der Waals surface area contributed by atoms with Gasteiger partial charge in [0.25, 0.3) is 0 Å². The fourth-order valence-electron chi connectivity index (χ4n) is 2.97. The van der Waals surface area contributed by atoms with Gasteiger partial charge in [-0.3, -0.25) is 4.79 Å². The van der Waals surface area contributed by atoms with Crippen LogP contribution in [0.1, 0.15) is 84.0 Å². The molecule has 3 heteroatoms. The molecule has 118 valence electrons. The van der Waals surface area contributed by atoms with Crippen molar-refractivity contribution in [1.29, 1.82) is 0 Å². The van der Waals surface area contributed by atoms with Crippen LogP contribution in [-0.4, -0.2) is 29.9 Å². The van der Waals surface area contributed by atoms with Crippen LogP contribution in [0, 0.1) is 0 Å². The lowest BCUT2D eigenvalue weighted by Gasteiger charge is -2.20. The Morgan fingerprint density at radius 3 is 2.00 bits per heavy atom. The summed E-state index contributed by atoms with van der Waals surface area (Å²) in [7, 11) is 0. The predicted molar refractivity (Wildman–Crippen MR) is 85.6 cm³/mol. The molecule has 1 heterocycles. The minimum Gasteiger partial charge on any atom is -0.341 e. The van der Waals surface area contributed by atoms with Gasteiger partial charge >= 0.3 is 0 Å². The highest BCUT2D eigenvalue weighted by atomic mass is 16.2. The van der Waals surface area contributed by atoms with Gasteiger partial charge < -0.3 is 10.6 Å². The maximum absolute atomic E-state index is 12.0. The second kappa shape index (κ2) is 11.1. The minimum absolute atomic E-state index is 0.182. The maximum atomic E-state index is 12.0. The van der Waals surface area contributed by atoms with Gasteiger partial charge in [-0.1, -0.05) is 64.7 Å². The standard InChI is InChI=1S/C17H34N2O/c1-2-3-4-5-6-7-8-9-10-13-16(18)17(20)19-14-11-12-15-19/h16H,2-15,18H2,1H3. The Kier molecular flexibility index (Phi) is 9.73. The number of carbonyl (C=O) groups is 1. The van der Waals surface area contributed by atoms with E-state index in [9.17, 15) is 4.79 Å². The van der Waals surface area contributed by atoms with Crippen molar-refractivity contribution >= 4 is 5.91 Å². The number of nitrogens with two attached hydrogens (primary N) is 1. The van der Waals surface area contributed by atoms with E-state index in [0.717, 1.165) is 38.8 Å². The summed E-state index contributed by atoms with van der Waals surface area (Å²) in [6.07, 6.45) is 15.0. The van der Waals surface area contributed by atoms with E-state index < -0.39 is 0 Å². The monoisotopic (exact) mass is 282 g/mol. The van der Waals surface area contributed by atoms with Crippen molar-refractivity contribution in [2.45, 2.75) is 90.0 Å². The lowest BCUT2D eigenvalue weighted by molar-refractivity contribution is -0.131. The number of carbonyl (C=O) groups excluding carboxylic acids is 1. The zero-order chi connectivity index (χ0) is 14.6. The lowest BCUT2D eigenvalue weighted by atomic mass is 10.0. The van der Waals surface area contributed by atoms with Crippen molar-refractivity contribution in [3.8, 4) is 0 Å². The second-order valence-corrected chi connectivity index (χ2v) is 6.26. The van der Waals surface area contributed by atoms with Crippen molar-refractivity contribution in [3.05, 3.63) is 0 Å². The van der Waals surface area contributed by atoms with Crippen LogP contribution in [-0.2, 0) is 4.79 Å². The van der Waals surface area contributed by atoms with Crippen molar-refractivity contribution < 1.29 is 4.79 Å². The van der Waals surface area contributed by atoms with Crippen molar-refractivity contribution in [3.63, 3.8) is 0 Å². The second-order valence-electron chi connectivity index (χ2n) is 6.26. The van der Waals surface area contributed by atoms with E-state index >= 15 is 0 Å². The van der Waals surface area contributed by atoms with E-state index in [4.69, 9.17) is 5.73 Å². The molecule has 1 amide bonds. The number of likely N-dealkylation sites (tertiary alicyclic amines) is 1. The van der Waals surface area contributed by atoms with Gasteiger partial charge in [-0.2, -0.15) is 0 Å². The highest BCUT2D eigenvalue weighted by Gasteiger charge is 2.22. The highest BCUT2D eigenvalue weighted by molar-refractivity contribution is 5.81. The fraction of sp³-hybridized carbons (Fsp3) is 0.941. The van der Waals surface area contributed by atoms with Crippen LogP contribution in [0.4, 0.5) is 0 Å². The zero-order valence-electron chi connectivity index (χ0n) is 13.4. The number of nitrogens with zero attached hydrogens (tertiary/aromatic N) is 1. The van der Waals surface area contributed by atoms with Gasteiger partial charge in [0.2, 0.25) is 5.91 Å². The molecular formula is C17H34N2O. The smallest absolute Gasteiger partial charge is 0.239 e. The first-order valence-corrected chi connectivity index (χ1v) is 8.80. The first kappa shape index (κ1) is 17.5. The Hall–Kier alpha value is -0.570. The van der Waals surface area contributed by atoms with Gasteiger partial charge in [0.15, 0.2) is 0 Å². The molecule has 0 bridgehead atoms. The van der Waals surface area contributed by atoms with E-state index in [1.165, 1.54) is 51.4 Å². The Morgan fingerprint density at radius 2 is 1.45 bits per heavy atom. The summed E-state index contributed by atoms with van der Waals surface area (Å²) < 4.78 is 0. The molecule has 3 nitrogen and oxygen atoms in total. The van der Waals surface area contributed by atoms with E-state index in [0.29, 0.717) is 0 Å². The predicted octanol–water partition coefficient (Wildman–Crippen LogP) is 3.86. The molecule has 0 aliphatic carbocycles. The molecule has 1 rings (SSSR count). The van der Waals surface area contributed by atoms with Crippen LogP contribution in [0.3, 0.4) is 0 Å². The molecule has 1 aliphatic heterocycles. The van der Waals surface area contributed by atoms with Crippen molar-refractivity contribution in [1.82, 2.24) is 4.90 Å². The van der Waals surface area contributed by atoms with Crippen molar-refractivity contribution in [2.75, 3.05) is 13.1 Å². The third-order valence-electron chi connectivity index (χ3n) is 4.35. The molecule has 2 N–H and O–H groups in total. The summed E-state index contributed by atoms with van der Waals surface area (Å²) in [6.45, 7) is 4.10. The Labute approximate surface area is 125 Å². The molecule has 1 unspecified atom stereocenters. The number of hydrogen-bond donors (Lipinski definition) is 1. The van der Waals surface area contributed by atoms with Crippen LogP contribution in [0.2, 0.25) is 0 Å². The van der Waals surface area contributed by atoms with Gasteiger partial charge in [-0.05, 0) is 19.3 Å². The van der Waals surface area contributed by atoms with E-state index in [2.05, 4.69) is 6.92 Å². The summed E-state index contributed by atoms with van der Waals surface area (Å²) in [6, 6.07) is -0.252. The van der Waals surface area contributed by atoms with Gasteiger partial charge in [0, 0.05) is 13.1 Å². The number of hydrogen-bond acceptors (Lipinski definition) is 2. The summed E-state index contributed by atoms with van der Waals surface area (Å²) in [5.74, 6) is 0.182. The fourth-order valence-corrected chi connectivity index (χ4v) is 2.97. The van der Waals surface area contributed by atoms with Crippen LogP contribution in [0.15, 0.2) is 0 Å². The van der Waals surface area contributed by atoms with E-state index in [1.54, 1.807) is 0 Å². The zero-order valence-corrected chi connectivity index (χ0v) is 13.4. The Morgan fingerprint density at radius 1 is 0.950 bits per heavy atom. The molecule has 0 spiro atoms. The molecule has 0 aromatic carbocycles. The SMILES string of the molecule is CCCCCCCCCCCC(N)C(=O)N1CCCC1. The topological polar surface area (TPSA) is 46.3 Å². The van der Waals surface area contributed by atoms with Gasteiger partial charge in [0.05, 0.1) is 6.04 Å². The lowest BCUT2D eigenvalue weighted by Crippen LogP contribution is -2.42. The summed E-state index contributed by atoms with van der Waals surface area (Å²) in [5.41, 5.74) is 6.00. The molecule has 0 aromatic heterocycles. The van der Waals surface area contributed by atoms with E-state index in [1.807, 2.05) is 4.90 Å². The van der Waals surface area contributed by atoms with Crippen LogP contribution < -0.4 is 5.73 Å². The molecule has 0 aromatic rings. The Bertz CT molecular complexity index is 249. The average Bonchev–Trinajstić information content (AvgIpc) is 2.98. The van der Waals surface area contributed by atoms with Crippen molar-refractivity contribution in [2.24, 2.45) is 5.73 Å². The first-order chi connectivity index (χ1) is 9.75.